The van der Waals surface area contributed by atoms with Crippen molar-refractivity contribution in [3.05, 3.63) is 23.3 Å². The average molecular weight is 722 g/mol. The second kappa shape index (κ2) is 34.0. The number of carbonyl (C=O) groups excluding carboxylic acids is 4. The number of rotatable bonds is 16. The van der Waals surface area contributed by atoms with Crippen LogP contribution in [0.1, 0.15) is 92.9 Å². The van der Waals surface area contributed by atoms with Gasteiger partial charge in [0.15, 0.2) is 0 Å². The maximum absolute atomic E-state index is 9.76. The third-order valence-corrected chi connectivity index (χ3v) is 12.2. The summed E-state index contributed by atoms with van der Waals surface area (Å²) in [6.45, 7) is 11.4. The molecule has 0 aromatic heterocycles. The molecule has 0 bridgehead atoms. The summed E-state index contributed by atoms with van der Waals surface area (Å²) in [6, 6.07) is 0. The van der Waals surface area contributed by atoms with Crippen molar-refractivity contribution in [1.82, 2.24) is 0 Å². The van der Waals surface area contributed by atoms with Crippen LogP contribution in [0.3, 0.4) is 0 Å². The van der Waals surface area contributed by atoms with E-state index in [0.717, 1.165) is 13.8 Å². The zero-order valence-electron chi connectivity index (χ0n) is 22.9. The van der Waals surface area contributed by atoms with Gasteiger partial charge >= 0.3 is 139 Å². The number of hydrogen-bond acceptors (Lipinski definition) is 8. The monoisotopic (exact) mass is 724 g/mol. The third kappa shape index (κ3) is 46.3. The van der Waals surface area contributed by atoms with Crippen LogP contribution in [0.5, 0.6) is 0 Å². The van der Waals surface area contributed by atoms with Crippen LogP contribution in [0.2, 0.25) is 17.7 Å². The zero-order valence-corrected chi connectivity index (χ0v) is 28.6. The van der Waals surface area contributed by atoms with Crippen molar-refractivity contribution in [2.75, 3.05) is 0 Å². The normalized spacial score (nSPS) is 10.1. The molecule has 0 saturated heterocycles. The molecule has 0 heterocycles. The van der Waals surface area contributed by atoms with Crippen LogP contribution < -0.4 is 20.4 Å². The van der Waals surface area contributed by atoms with Crippen molar-refractivity contribution >= 4 is 66.2 Å². The first kappa shape index (κ1) is 42.1. The Bertz CT molecular complexity index is 565. The summed E-state index contributed by atoms with van der Waals surface area (Å²) in [5.74, 6) is -6.06. The fourth-order valence-electron chi connectivity index (χ4n) is 1.93. The number of carboxylic acids is 4. The molecule has 0 aromatic carbocycles. The first-order valence-corrected chi connectivity index (χ1v) is 20.6. The first-order chi connectivity index (χ1) is 16.9. The quantitative estimate of drug-likeness (QED) is 0.130. The van der Waals surface area contributed by atoms with E-state index in [2.05, 4.69) is 27.7 Å². The predicted molar refractivity (Wildman–Crippen MR) is 138 cm³/mol. The predicted octanol–water partition coefficient (Wildman–Crippen LogP) is 1.12. The van der Waals surface area contributed by atoms with Crippen molar-refractivity contribution in [1.29, 1.82) is 0 Å². The van der Waals surface area contributed by atoms with Crippen molar-refractivity contribution < 1.29 is 39.6 Å². The molecule has 0 rings (SSSR count). The van der Waals surface area contributed by atoms with Gasteiger partial charge in [-0.3, -0.25) is 0 Å². The Morgan fingerprint density at radius 2 is 0.750 bits per heavy atom. The van der Waals surface area contributed by atoms with Crippen LogP contribution in [0, 0.1) is 0 Å². The maximum atomic E-state index is 9.76. The summed E-state index contributed by atoms with van der Waals surface area (Å²) in [5, 5.41) is 38.8. The molecule has 0 aliphatic carbocycles. The van der Waals surface area contributed by atoms with Crippen molar-refractivity contribution in [2.45, 2.75) is 111 Å². The summed E-state index contributed by atoms with van der Waals surface area (Å²) in [4.78, 5) is 38.8. The molecule has 0 fully saturated rings. The van der Waals surface area contributed by atoms with Gasteiger partial charge < -0.3 is 39.6 Å². The molecule has 0 amide bonds. The van der Waals surface area contributed by atoms with Gasteiger partial charge in [0.25, 0.3) is 0 Å². The fraction of sp³-hybridized carbons (Fsp3) is 0.692. The van der Waals surface area contributed by atoms with E-state index in [1.807, 2.05) is 0 Å². The van der Waals surface area contributed by atoms with Crippen LogP contribution in [0.25, 0.3) is 0 Å². The van der Waals surface area contributed by atoms with Crippen LogP contribution in [0.15, 0.2) is 23.3 Å². The number of hydrogen-bond donors (Lipinski definition) is 0. The molecule has 0 N–H and O–H groups in total. The summed E-state index contributed by atoms with van der Waals surface area (Å²) in [6.07, 6.45) is 12.6. The minimum atomic E-state index is -1.53. The number of unbranched alkanes of at least 4 members (excludes halogenated alkanes) is 4. The van der Waals surface area contributed by atoms with Crippen LogP contribution in [-0.2, 0) is 19.2 Å². The van der Waals surface area contributed by atoms with Crippen LogP contribution in [0.4, 0.5) is 0 Å². The van der Waals surface area contributed by atoms with E-state index in [1.165, 1.54) is 51.4 Å². The molecule has 36 heavy (non-hydrogen) atoms. The first-order valence-electron chi connectivity index (χ1n) is 12.5. The standard InChI is InChI=1S/2C5H6O4.4C4H9.2Sn/c2*1-3(5(8)9)2-4(6)7;4*1-3-4-2;;/h2*2H,1H3,(H,6,7)(H,8,9);4*1,3-4H2,2H3;;/q;;;;;;2*+2/p-4/b2*3-2-;;;;;;. The van der Waals surface area contributed by atoms with Crippen molar-refractivity contribution in [2.24, 2.45) is 0 Å². The van der Waals surface area contributed by atoms with E-state index in [1.54, 1.807) is 17.7 Å². The summed E-state index contributed by atoms with van der Waals surface area (Å²) >= 11 is 0.299. The Hall–Kier alpha value is -1.04. The van der Waals surface area contributed by atoms with Gasteiger partial charge in [-0.25, -0.2) is 0 Å². The molecule has 0 saturated carbocycles. The second-order valence-electron chi connectivity index (χ2n) is 7.78. The van der Waals surface area contributed by atoms with E-state index in [-0.39, 0.29) is 53.4 Å². The fourth-order valence-corrected chi connectivity index (χ4v) is 10.2. The van der Waals surface area contributed by atoms with Crippen LogP contribution in [-0.4, -0.2) is 66.2 Å². The molecule has 0 aliphatic heterocycles. The Labute approximate surface area is 238 Å². The third-order valence-electron chi connectivity index (χ3n) is 4.14. The summed E-state index contributed by atoms with van der Waals surface area (Å²) < 4.78 is 6.50. The Balaban J connectivity index is -0.000000190. The molecular weight excluding hydrogens is 678 g/mol. The van der Waals surface area contributed by atoms with E-state index in [9.17, 15) is 39.6 Å². The van der Waals surface area contributed by atoms with E-state index < -0.39 is 23.9 Å². The van der Waals surface area contributed by atoms with E-state index in [4.69, 9.17) is 0 Å². The number of carbonyl (C=O) groups is 4. The van der Waals surface area contributed by atoms with Gasteiger partial charge in [-0.2, -0.15) is 0 Å². The molecule has 204 valence electrons. The Kier molecular flexibility index (Phi) is 39.7. The second-order valence-corrected chi connectivity index (χ2v) is 16.3. The molecule has 0 aromatic rings. The Morgan fingerprint density at radius 1 is 0.528 bits per heavy atom. The average Bonchev–Trinajstić information content (AvgIpc) is 2.79. The van der Waals surface area contributed by atoms with Gasteiger partial charge in [-0.05, 0) is 37.1 Å². The molecule has 0 spiro atoms. The van der Waals surface area contributed by atoms with E-state index in [0.29, 0.717) is 12.2 Å². The SMILES string of the molecule is C/C(=C/C(=O)[O-])C(=O)[O-].C/C(=C/C(=O)[O-])C(=O)[O-].CCC[CH2][Sn+2][CH2]CCC.CCC[CH2][Sn+2][CH2]CCC. The van der Waals surface area contributed by atoms with Gasteiger partial charge in [0.2, 0.25) is 0 Å². The van der Waals surface area contributed by atoms with Gasteiger partial charge in [0.05, 0.1) is 23.9 Å². The Morgan fingerprint density at radius 3 is 0.861 bits per heavy atom. The molecular formula is C26H44O8Sn2. The van der Waals surface area contributed by atoms with Gasteiger partial charge in [-0.15, -0.1) is 0 Å². The molecule has 8 nitrogen and oxygen atoms in total. The molecule has 0 aliphatic rings. The molecule has 0 atom stereocenters. The number of aliphatic carboxylic acids is 4. The number of carboxylic acid groups (broad SMARTS) is 4. The van der Waals surface area contributed by atoms with Gasteiger partial charge in [0, 0.05) is 0 Å². The van der Waals surface area contributed by atoms with Gasteiger partial charge in [-0.1, -0.05) is 0 Å². The topological polar surface area (TPSA) is 161 Å². The van der Waals surface area contributed by atoms with Crippen molar-refractivity contribution in [3.63, 3.8) is 0 Å². The molecule has 10 heteroatoms. The molecule has 0 unspecified atom stereocenters. The van der Waals surface area contributed by atoms with Crippen molar-refractivity contribution in [3.8, 4) is 0 Å². The van der Waals surface area contributed by atoms with E-state index >= 15 is 0 Å². The van der Waals surface area contributed by atoms with Crippen LogP contribution >= 0.6 is 0 Å². The zero-order chi connectivity index (χ0) is 28.8. The summed E-state index contributed by atoms with van der Waals surface area (Å²) in [5.41, 5.74) is -0.704. The summed E-state index contributed by atoms with van der Waals surface area (Å²) in [7, 11) is 0. The van der Waals surface area contributed by atoms with Gasteiger partial charge in [0.1, 0.15) is 0 Å². The minimum absolute atomic E-state index is 0.149. The molecule has 0 radical (unpaired) electrons.